The lowest BCUT2D eigenvalue weighted by Gasteiger charge is -2.17. The number of hydrogen-bond acceptors (Lipinski definition) is 2. The number of methoxy groups -OCH3 is 2. The van der Waals surface area contributed by atoms with Crippen LogP contribution in [-0.2, 0) is 9.47 Å². The first kappa shape index (κ1) is 14.1. The van der Waals surface area contributed by atoms with E-state index in [1.165, 1.54) is 32.1 Å². The molecule has 1 fully saturated rings. The summed E-state index contributed by atoms with van der Waals surface area (Å²) in [6.45, 7) is 0. The molecular weight excluding hydrogens is 236 g/mol. The summed E-state index contributed by atoms with van der Waals surface area (Å²) in [6.07, 6.45) is 6.15. The maximum Gasteiger partial charge on any atom is 0.184 e. The van der Waals surface area contributed by atoms with Crippen molar-refractivity contribution in [2.45, 2.75) is 38.4 Å². The van der Waals surface area contributed by atoms with Gasteiger partial charge in [-0.3, -0.25) is 0 Å². The molecule has 0 radical (unpaired) electrons. The molecule has 0 unspecified atom stereocenters. The zero-order valence-corrected chi connectivity index (χ0v) is 11.8. The Balaban J connectivity index is 2.17. The third-order valence-corrected chi connectivity index (χ3v) is 3.66. The molecule has 1 aromatic carbocycles. The monoisotopic (exact) mass is 258 g/mol. The summed E-state index contributed by atoms with van der Waals surface area (Å²) in [5.74, 6) is 7.30. The molecule has 0 N–H and O–H groups in total. The first-order chi connectivity index (χ1) is 9.35. The van der Waals surface area contributed by atoms with E-state index in [1.807, 2.05) is 24.3 Å². The fourth-order valence-electron chi connectivity index (χ4n) is 2.59. The second-order valence-corrected chi connectivity index (χ2v) is 4.99. The minimum atomic E-state index is -0.336. The van der Waals surface area contributed by atoms with E-state index in [-0.39, 0.29) is 6.29 Å². The van der Waals surface area contributed by atoms with Gasteiger partial charge in [0.1, 0.15) is 0 Å². The molecule has 0 aliphatic heterocycles. The Kier molecular flexibility index (Phi) is 5.44. The largest absolute Gasteiger partial charge is 0.352 e. The maximum atomic E-state index is 5.33. The van der Waals surface area contributed by atoms with Crippen molar-refractivity contribution in [1.29, 1.82) is 0 Å². The number of rotatable bonds is 3. The highest BCUT2D eigenvalue weighted by atomic mass is 16.7. The molecule has 1 aromatic rings. The van der Waals surface area contributed by atoms with Crippen molar-refractivity contribution in [3.63, 3.8) is 0 Å². The van der Waals surface area contributed by atoms with Gasteiger partial charge in [-0.2, -0.15) is 0 Å². The van der Waals surface area contributed by atoms with Gasteiger partial charge < -0.3 is 9.47 Å². The molecule has 2 nitrogen and oxygen atoms in total. The van der Waals surface area contributed by atoms with Crippen LogP contribution in [0.5, 0.6) is 0 Å². The van der Waals surface area contributed by atoms with E-state index in [1.54, 1.807) is 14.2 Å². The topological polar surface area (TPSA) is 18.5 Å². The Morgan fingerprint density at radius 3 is 2.42 bits per heavy atom. The van der Waals surface area contributed by atoms with E-state index in [2.05, 4.69) is 11.8 Å². The van der Waals surface area contributed by atoms with Crippen molar-refractivity contribution in [3.8, 4) is 11.8 Å². The lowest BCUT2D eigenvalue weighted by atomic mass is 9.89. The van der Waals surface area contributed by atoms with Crippen LogP contribution in [0.4, 0.5) is 0 Å². The van der Waals surface area contributed by atoms with Crippen LogP contribution in [-0.4, -0.2) is 14.2 Å². The molecule has 0 saturated heterocycles. The molecule has 1 aliphatic carbocycles. The predicted molar refractivity (Wildman–Crippen MR) is 76.7 cm³/mol. The summed E-state index contributed by atoms with van der Waals surface area (Å²) in [4.78, 5) is 0. The normalized spacial score (nSPS) is 16.2. The fourth-order valence-corrected chi connectivity index (χ4v) is 2.59. The second kappa shape index (κ2) is 7.33. The summed E-state index contributed by atoms with van der Waals surface area (Å²) in [7, 11) is 3.30. The van der Waals surface area contributed by atoms with E-state index >= 15 is 0 Å². The highest BCUT2D eigenvalue weighted by molar-refractivity contribution is 5.42. The molecule has 2 rings (SSSR count). The van der Waals surface area contributed by atoms with Gasteiger partial charge in [-0.15, -0.1) is 0 Å². The molecular formula is C17H22O2. The molecule has 102 valence electrons. The Morgan fingerprint density at radius 1 is 1.05 bits per heavy atom. The molecule has 0 bridgehead atoms. The average Bonchev–Trinajstić information content (AvgIpc) is 2.48. The Morgan fingerprint density at radius 2 is 1.74 bits per heavy atom. The van der Waals surface area contributed by atoms with E-state index in [4.69, 9.17) is 9.47 Å². The zero-order chi connectivity index (χ0) is 13.5. The average molecular weight is 258 g/mol. The number of hydrogen-bond donors (Lipinski definition) is 0. The van der Waals surface area contributed by atoms with Crippen LogP contribution in [0.3, 0.4) is 0 Å². The summed E-state index contributed by atoms with van der Waals surface area (Å²) in [5.41, 5.74) is 2.03. The lowest BCUT2D eigenvalue weighted by molar-refractivity contribution is -0.106. The standard InChI is InChI=1S/C17H22O2/c1-18-17(19-2)16-11-7-6-10-15(16)13-12-14-8-4-3-5-9-14/h6-7,10-11,14,17H,3-5,8-9H2,1-2H3. The van der Waals surface area contributed by atoms with E-state index in [0.717, 1.165) is 11.1 Å². The lowest BCUT2D eigenvalue weighted by Crippen LogP contribution is -2.06. The molecule has 0 heterocycles. The number of benzene rings is 1. The summed E-state index contributed by atoms with van der Waals surface area (Å²) >= 11 is 0. The van der Waals surface area contributed by atoms with Gasteiger partial charge in [-0.05, 0) is 18.9 Å². The number of ether oxygens (including phenoxy) is 2. The van der Waals surface area contributed by atoms with Crippen LogP contribution in [0.25, 0.3) is 0 Å². The first-order valence-electron chi connectivity index (χ1n) is 7.01. The molecule has 0 spiro atoms. The van der Waals surface area contributed by atoms with Crippen molar-refractivity contribution in [1.82, 2.24) is 0 Å². The first-order valence-corrected chi connectivity index (χ1v) is 7.01. The third kappa shape index (κ3) is 3.83. The van der Waals surface area contributed by atoms with Crippen LogP contribution in [0.1, 0.15) is 49.5 Å². The zero-order valence-electron chi connectivity index (χ0n) is 11.8. The highest BCUT2D eigenvalue weighted by Crippen LogP contribution is 2.24. The highest BCUT2D eigenvalue weighted by Gasteiger charge is 2.13. The molecule has 19 heavy (non-hydrogen) atoms. The fraction of sp³-hybridized carbons (Fsp3) is 0.529. The summed E-state index contributed by atoms with van der Waals surface area (Å²) in [6, 6.07) is 8.06. The minimum absolute atomic E-state index is 0.336. The second-order valence-electron chi connectivity index (χ2n) is 4.99. The van der Waals surface area contributed by atoms with Crippen LogP contribution >= 0.6 is 0 Å². The Bertz CT molecular complexity index is 446. The van der Waals surface area contributed by atoms with Gasteiger partial charge in [0.05, 0.1) is 0 Å². The van der Waals surface area contributed by atoms with Gasteiger partial charge >= 0.3 is 0 Å². The van der Waals surface area contributed by atoms with Crippen LogP contribution in [0, 0.1) is 17.8 Å². The van der Waals surface area contributed by atoms with Crippen LogP contribution in [0.2, 0.25) is 0 Å². The van der Waals surface area contributed by atoms with E-state index in [9.17, 15) is 0 Å². The van der Waals surface area contributed by atoms with Crippen molar-refractivity contribution in [2.24, 2.45) is 5.92 Å². The van der Waals surface area contributed by atoms with Crippen LogP contribution in [0.15, 0.2) is 24.3 Å². The van der Waals surface area contributed by atoms with Crippen molar-refractivity contribution < 1.29 is 9.47 Å². The van der Waals surface area contributed by atoms with Crippen molar-refractivity contribution in [3.05, 3.63) is 35.4 Å². The van der Waals surface area contributed by atoms with Crippen LogP contribution < -0.4 is 0 Å². The smallest absolute Gasteiger partial charge is 0.184 e. The third-order valence-electron chi connectivity index (χ3n) is 3.66. The Labute approximate surface area is 116 Å². The quantitative estimate of drug-likeness (QED) is 0.604. The van der Waals surface area contributed by atoms with E-state index in [0.29, 0.717) is 5.92 Å². The summed E-state index contributed by atoms with van der Waals surface area (Å²) < 4.78 is 10.7. The molecule has 1 aliphatic rings. The van der Waals surface area contributed by atoms with Crippen molar-refractivity contribution in [2.75, 3.05) is 14.2 Å². The Hall–Kier alpha value is -1.30. The molecule has 0 amide bonds. The maximum absolute atomic E-state index is 5.33. The molecule has 0 atom stereocenters. The van der Waals surface area contributed by atoms with Gasteiger partial charge in [0.25, 0.3) is 0 Å². The van der Waals surface area contributed by atoms with Crippen molar-refractivity contribution >= 4 is 0 Å². The van der Waals surface area contributed by atoms with Gasteiger partial charge in [0.2, 0.25) is 0 Å². The SMILES string of the molecule is COC(OC)c1ccccc1C#CC1CCCCC1. The summed E-state index contributed by atoms with van der Waals surface area (Å²) in [5, 5.41) is 0. The molecule has 0 aromatic heterocycles. The van der Waals surface area contributed by atoms with Gasteiger partial charge in [-0.25, -0.2) is 0 Å². The van der Waals surface area contributed by atoms with Gasteiger partial charge in [-0.1, -0.05) is 49.3 Å². The molecule has 1 saturated carbocycles. The van der Waals surface area contributed by atoms with Gasteiger partial charge in [0.15, 0.2) is 6.29 Å². The van der Waals surface area contributed by atoms with Gasteiger partial charge in [0, 0.05) is 31.3 Å². The molecule has 2 heteroatoms. The minimum Gasteiger partial charge on any atom is -0.352 e. The predicted octanol–water partition coefficient (Wildman–Crippen LogP) is 3.91. The van der Waals surface area contributed by atoms with E-state index < -0.39 is 0 Å².